The van der Waals surface area contributed by atoms with Gasteiger partial charge in [-0.25, -0.2) is 14.6 Å². The van der Waals surface area contributed by atoms with Crippen molar-refractivity contribution >= 4 is 21.7 Å². The minimum Gasteiger partial charge on any atom is -0.346 e. The highest BCUT2D eigenvalue weighted by Crippen LogP contribution is 2.29. The number of hydrogen-bond donors (Lipinski definition) is 0. The molecule has 3 aromatic rings. The van der Waals surface area contributed by atoms with E-state index in [1.807, 2.05) is 10.7 Å². The van der Waals surface area contributed by atoms with Crippen LogP contribution in [0.25, 0.3) is 0 Å². The van der Waals surface area contributed by atoms with Crippen LogP contribution in [0.5, 0.6) is 0 Å². The van der Waals surface area contributed by atoms with Crippen LogP contribution in [0, 0.1) is 0 Å². The molecule has 1 aliphatic rings. The molecule has 0 unspecified atom stereocenters. The van der Waals surface area contributed by atoms with E-state index in [1.54, 1.807) is 12.4 Å². The molecule has 110 valence electrons. The highest BCUT2D eigenvalue weighted by Gasteiger charge is 2.21. The first kappa shape index (κ1) is 13.5. The van der Waals surface area contributed by atoms with Gasteiger partial charge in [-0.1, -0.05) is 24.3 Å². The number of rotatable bonds is 3. The SMILES string of the molecule is Brc1cc(N2Cc3ccccc3C2)nn1Cc1ncccn1. The number of fused-ring (bicyclic) bond motifs is 1. The normalized spacial score (nSPS) is 13.4. The predicted octanol–water partition coefficient (Wildman–Crippen LogP) is 3.00. The molecule has 0 spiro atoms. The van der Waals surface area contributed by atoms with Crippen LogP contribution in [0.1, 0.15) is 17.0 Å². The van der Waals surface area contributed by atoms with Crippen molar-refractivity contribution in [2.75, 3.05) is 4.90 Å². The fraction of sp³-hybridized carbons (Fsp3) is 0.188. The Bertz CT molecular complexity index is 774. The first-order chi connectivity index (χ1) is 10.8. The molecule has 1 aliphatic heterocycles. The maximum absolute atomic E-state index is 4.69. The van der Waals surface area contributed by atoms with Crippen LogP contribution in [-0.2, 0) is 19.6 Å². The van der Waals surface area contributed by atoms with E-state index >= 15 is 0 Å². The monoisotopic (exact) mass is 355 g/mol. The highest BCUT2D eigenvalue weighted by molar-refractivity contribution is 9.10. The van der Waals surface area contributed by atoms with Gasteiger partial charge in [0.15, 0.2) is 5.82 Å². The zero-order valence-corrected chi connectivity index (χ0v) is 13.4. The van der Waals surface area contributed by atoms with Gasteiger partial charge in [-0.15, -0.1) is 0 Å². The maximum atomic E-state index is 4.69. The Morgan fingerprint density at radius 2 is 1.68 bits per heavy atom. The fourth-order valence-corrected chi connectivity index (χ4v) is 3.10. The molecule has 0 bridgehead atoms. The van der Waals surface area contributed by atoms with E-state index in [-0.39, 0.29) is 0 Å². The number of hydrogen-bond acceptors (Lipinski definition) is 4. The lowest BCUT2D eigenvalue weighted by Gasteiger charge is -2.13. The van der Waals surface area contributed by atoms with Gasteiger partial charge in [-0.2, -0.15) is 5.10 Å². The third-order valence-corrected chi connectivity index (χ3v) is 4.43. The van der Waals surface area contributed by atoms with Crippen LogP contribution < -0.4 is 4.90 Å². The molecular weight excluding hydrogens is 342 g/mol. The Kier molecular flexibility index (Phi) is 3.38. The summed E-state index contributed by atoms with van der Waals surface area (Å²) in [4.78, 5) is 10.8. The number of anilines is 1. The quantitative estimate of drug-likeness (QED) is 0.724. The lowest BCUT2D eigenvalue weighted by Crippen LogP contribution is -2.15. The van der Waals surface area contributed by atoms with Crippen molar-refractivity contribution in [3.63, 3.8) is 0 Å². The second-order valence-electron chi connectivity index (χ2n) is 5.27. The highest BCUT2D eigenvalue weighted by atomic mass is 79.9. The smallest absolute Gasteiger partial charge is 0.152 e. The number of aromatic nitrogens is 4. The molecule has 0 aliphatic carbocycles. The summed E-state index contributed by atoms with van der Waals surface area (Å²) in [5.41, 5.74) is 2.75. The van der Waals surface area contributed by atoms with E-state index in [9.17, 15) is 0 Å². The van der Waals surface area contributed by atoms with Crippen LogP contribution in [0.2, 0.25) is 0 Å². The summed E-state index contributed by atoms with van der Waals surface area (Å²) in [5, 5.41) is 4.69. The summed E-state index contributed by atoms with van der Waals surface area (Å²) in [6.45, 7) is 2.37. The van der Waals surface area contributed by atoms with Crippen molar-refractivity contribution in [3.05, 3.63) is 70.3 Å². The molecule has 2 aromatic heterocycles. The Morgan fingerprint density at radius 1 is 1.00 bits per heavy atom. The number of nitrogens with zero attached hydrogens (tertiary/aromatic N) is 5. The number of halogens is 1. The first-order valence-corrected chi connectivity index (χ1v) is 7.90. The topological polar surface area (TPSA) is 46.8 Å². The van der Waals surface area contributed by atoms with Crippen molar-refractivity contribution in [2.24, 2.45) is 0 Å². The van der Waals surface area contributed by atoms with Gasteiger partial charge < -0.3 is 4.90 Å². The van der Waals surface area contributed by atoms with Crippen LogP contribution >= 0.6 is 15.9 Å². The summed E-state index contributed by atoms with van der Waals surface area (Å²) < 4.78 is 2.82. The van der Waals surface area contributed by atoms with E-state index in [4.69, 9.17) is 0 Å². The molecule has 1 aromatic carbocycles. The Hall–Kier alpha value is -2.21. The summed E-state index contributed by atoms with van der Waals surface area (Å²) in [6.07, 6.45) is 3.50. The van der Waals surface area contributed by atoms with E-state index < -0.39 is 0 Å². The molecule has 5 nitrogen and oxygen atoms in total. The van der Waals surface area contributed by atoms with Gasteiger partial charge in [-0.3, -0.25) is 0 Å². The minimum atomic E-state index is 0.558. The largest absolute Gasteiger partial charge is 0.346 e. The second-order valence-corrected chi connectivity index (χ2v) is 6.09. The molecule has 0 amide bonds. The Balaban J connectivity index is 1.57. The van der Waals surface area contributed by atoms with Gasteiger partial charge in [0, 0.05) is 31.5 Å². The molecule has 0 radical (unpaired) electrons. The molecule has 22 heavy (non-hydrogen) atoms. The van der Waals surface area contributed by atoms with E-state index in [0.717, 1.165) is 29.3 Å². The summed E-state index contributed by atoms with van der Waals surface area (Å²) in [5.74, 6) is 1.72. The molecule has 3 heterocycles. The van der Waals surface area contributed by atoms with Crippen LogP contribution in [0.15, 0.2) is 53.4 Å². The maximum Gasteiger partial charge on any atom is 0.152 e. The minimum absolute atomic E-state index is 0.558. The lowest BCUT2D eigenvalue weighted by atomic mass is 10.1. The Labute approximate surface area is 136 Å². The zero-order valence-electron chi connectivity index (χ0n) is 11.9. The molecule has 0 atom stereocenters. The molecule has 0 saturated carbocycles. The summed E-state index contributed by atoms with van der Waals surface area (Å²) in [6, 6.07) is 12.4. The molecule has 0 N–H and O–H groups in total. The van der Waals surface area contributed by atoms with Gasteiger partial charge in [-0.05, 0) is 33.1 Å². The summed E-state index contributed by atoms with van der Waals surface area (Å²) >= 11 is 3.58. The third kappa shape index (κ3) is 2.50. The fourth-order valence-electron chi connectivity index (χ4n) is 2.69. The predicted molar refractivity (Wildman–Crippen MR) is 87.4 cm³/mol. The molecular formula is C16H14BrN5. The average molecular weight is 356 g/mol. The van der Waals surface area contributed by atoms with Crippen molar-refractivity contribution in [1.29, 1.82) is 0 Å². The third-order valence-electron chi connectivity index (χ3n) is 3.79. The second kappa shape index (κ2) is 5.53. The molecule has 0 fully saturated rings. The Morgan fingerprint density at radius 3 is 2.36 bits per heavy atom. The standard InChI is InChI=1S/C16H14BrN5/c17-14-8-16(20-22(14)11-15-18-6-3-7-19-15)21-9-12-4-1-2-5-13(12)10-21/h1-8H,9-11H2. The van der Waals surface area contributed by atoms with Gasteiger partial charge >= 0.3 is 0 Å². The van der Waals surface area contributed by atoms with E-state index in [2.05, 4.69) is 66.2 Å². The van der Waals surface area contributed by atoms with Gasteiger partial charge in [0.25, 0.3) is 0 Å². The van der Waals surface area contributed by atoms with Gasteiger partial charge in [0.1, 0.15) is 17.0 Å². The first-order valence-electron chi connectivity index (χ1n) is 7.10. The van der Waals surface area contributed by atoms with E-state index in [0.29, 0.717) is 6.54 Å². The van der Waals surface area contributed by atoms with Crippen LogP contribution in [0.3, 0.4) is 0 Å². The average Bonchev–Trinajstić information content (AvgIpc) is 3.12. The zero-order chi connectivity index (χ0) is 14.9. The lowest BCUT2D eigenvalue weighted by molar-refractivity contribution is 0.636. The molecule has 0 saturated heterocycles. The number of benzene rings is 1. The van der Waals surface area contributed by atoms with Crippen molar-refractivity contribution in [3.8, 4) is 0 Å². The molecule has 4 rings (SSSR count). The van der Waals surface area contributed by atoms with Crippen molar-refractivity contribution in [1.82, 2.24) is 19.7 Å². The van der Waals surface area contributed by atoms with Crippen LogP contribution in [0.4, 0.5) is 5.82 Å². The van der Waals surface area contributed by atoms with Crippen molar-refractivity contribution < 1.29 is 0 Å². The summed E-state index contributed by atoms with van der Waals surface area (Å²) in [7, 11) is 0. The van der Waals surface area contributed by atoms with E-state index in [1.165, 1.54) is 11.1 Å². The van der Waals surface area contributed by atoms with Gasteiger partial charge in [0.05, 0.1) is 0 Å². The molecule has 6 heteroatoms. The van der Waals surface area contributed by atoms with Gasteiger partial charge in [0.2, 0.25) is 0 Å². The van der Waals surface area contributed by atoms with Crippen LogP contribution in [-0.4, -0.2) is 19.7 Å². The van der Waals surface area contributed by atoms with Crippen molar-refractivity contribution in [2.45, 2.75) is 19.6 Å².